The number of fused-ring (bicyclic) bond motifs is 3. The first kappa shape index (κ1) is 24.0. The average Bonchev–Trinajstić information content (AvgIpc) is 3.27. The van der Waals surface area contributed by atoms with E-state index in [0.29, 0.717) is 43.5 Å². The third-order valence-corrected chi connectivity index (χ3v) is 7.07. The quantitative estimate of drug-likeness (QED) is 0.515. The molecule has 2 aliphatic rings. The third-order valence-electron chi connectivity index (χ3n) is 6.81. The van der Waals surface area contributed by atoms with Crippen LogP contribution in [0.3, 0.4) is 0 Å². The molecule has 3 aromatic rings. The highest BCUT2D eigenvalue weighted by atomic mass is 35.5. The SMILES string of the molecule is CC(C)NC[C@@H](C(=O)N1CC2COCC(C1)N2c1ncnc2c1ccn2CO)c1ccc(Cl)cc1. The molecule has 2 bridgehead atoms. The molecule has 2 fully saturated rings. The van der Waals surface area contributed by atoms with E-state index in [0.717, 1.165) is 16.8 Å². The van der Waals surface area contributed by atoms with Crippen LogP contribution in [0.2, 0.25) is 5.02 Å². The first-order valence-electron chi connectivity index (χ1n) is 12.0. The number of aliphatic hydroxyl groups excluding tert-OH is 1. The Kier molecular flexibility index (Phi) is 6.93. The maximum atomic E-state index is 13.9. The van der Waals surface area contributed by atoms with Crippen molar-refractivity contribution in [2.24, 2.45) is 0 Å². The van der Waals surface area contributed by atoms with Gasteiger partial charge in [-0.2, -0.15) is 0 Å². The molecule has 186 valence electrons. The highest BCUT2D eigenvalue weighted by molar-refractivity contribution is 6.30. The molecular formula is C25H31ClN6O3. The molecule has 0 radical (unpaired) electrons. The van der Waals surface area contributed by atoms with Gasteiger partial charge >= 0.3 is 0 Å². The first-order chi connectivity index (χ1) is 17.0. The van der Waals surface area contributed by atoms with E-state index in [4.69, 9.17) is 16.3 Å². The number of nitrogens with one attached hydrogen (secondary N) is 1. The van der Waals surface area contributed by atoms with E-state index in [9.17, 15) is 9.90 Å². The summed E-state index contributed by atoms with van der Waals surface area (Å²) in [6.07, 6.45) is 3.35. The van der Waals surface area contributed by atoms with Gasteiger partial charge in [0.05, 0.1) is 36.6 Å². The van der Waals surface area contributed by atoms with Gasteiger partial charge in [-0.15, -0.1) is 0 Å². The number of anilines is 1. The van der Waals surface area contributed by atoms with Gasteiger partial charge in [-0.3, -0.25) is 4.79 Å². The Morgan fingerprint density at radius 1 is 1.17 bits per heavy atom. The number of hydrogen-bond donors (Lipinski definition) is 2. The van der Waals surface area contributed by atoms with Crippen LogP contribution >= 0.6 is 11.6 Å². The predicted molar refractivity (Wildman–Crippen MR) is 135 cm³/mol. The molecule has 1 amide bonds. The van der Waals surface area contributed by atoms with Crippen LogP contribution in [0.15, 0.2) is 42.9 Å². The lowest BCUT2D eigenvalue weighted by Gasteiger charge is -2.50. The maximum Gasteiger partial charge on any atom is 0.231 e. The number of piperazine rings is 1. The number of benzene rings is 1. The molecule has 2 aliphatic heterocycles. The number of nitrogens with zero attached hydrogens (tertiary/aromatic N) is 5. The van der Waals surface area contributed by atoms with Crippen molar-refractivity contribution in [3.05, 3.63) is 53.4 Å². The highest BCUT2D eigenvalue weighted by Crippen LogP contribution is 2.33. The molecule has 2 aromatic heterocycles. The van der Waals surface area contributed by atoms with Crippen LogP contribution in [0.4, 0.5) is 5.82 Å². The molecule has 5 rings (SSSR count). The van der Waals surface area contributed by atoms with E-state index in [-0.39, 0.29) is 36.7 Å². The average molecular weight is 499 g/mol. The predicted octanol–water partition coefficient (Wildman–Crippen LogP) is 2.23. The summed E-state index contributed by atoms with van der Waals surface area (Å²) < 4.78 is 7.58. The van der Waals surface area contributed by atoms with E-state index in [1.807, 2.05) is 41.4 Å². The molecule has 2 N–H and O–H groups in total. The van der Waals surface area contributed by atoms with Crippen molar-refractivity contribution in [2.45, 2.75) is 44.6 Å². The van der Waals surface area contributed by atoms with Crippen molar-refractivity contribution >= 4 is 34.4 Å². The van der Waals surface area contributed by atoms with Crippen LogP contribution in [0.5, 0.6) is 0 Å². The van der Waals surface area contributed by atoms with E-state index in [2.05, 4.69) is 34.0 Å². The Balaban J connectivity index is 1.41. The summed E-state index contributed by atoms with van der Waals surface area (Å²) in [7, 11) is 0. The molecule has 0 saturated carbocycles. The lowest BCUT2D eigenvalue weighted by Crippen LogP contribution is -2.66. The van der Waals surface area contributed by atoms with Crippen LogP contribution in [-0.2, 0) is 16.3 Å². The largest absolute Gasteiger partial charge is 0.377 e. The second kappa shape index (κ2) is 10.1. The number of carbonyl (C=O) groups excluding carboxylic acids is 1. The molecule has 3 atom stereocenters. The van der Waals surface area contributed by atoms with Crippen molar-refractivity contribution < 1.29 is 14.6 Å². The molecular weight excluding hydrogens is 468 g/mol. The van der Waals surface area contributed by atoms with Gasteiger partial charge in [0, 0.05) is 36.9 Å². The Hall–Kier alpha value is -2.72. The first-order valence-corrected chi connectivity index (χ1v) is 12.4. The molecule has 2 saturated heterocycles. The van der Waals surface area contributed by atoms with Crippen molar-refractivity contribution in [3.63, 3.8) is 0 Å². The number of carbonyl (C=O) groups is 1. The summed E-state index contributed by atoms with van der Waals surface area (Å²) in [4.78, 5) is 27.1. The summed E-state index contributed by atoms with van der Waals surface area (Å²) in [5.41, 5.74) is 1.65. The van der Waals surface area contributed by atoms with Gasteiger partial charge in [0.25, 0.3) is 0 Å². The Morgan fingerprint density at radius 2 is 1.89 bits per heavy atom. The molecule has 35 heavy (non-hydrogen) atoms. The van der Waals surface area contributed by atoms with Gasteiger partial charge in [-0.25, -0.2) is 9.97 Å². The summed E-state index contributed by atoms with van der Waals surface area (Å²) in [5.74, 6) is 0.631. The second-order valence-electron chi connectivity index (χ2n) is 9.52. The summed E-state index contributed by atoms with van der Waals surface area (Å²) in [5, 5.41) is 14.6. The van der Waals surface area contributed by atoms with Crippen molar-refractivity contribution in [1.29, 1.82) is 0 Å². The summed E-state index contributed by atoms with van der Waals surface area (Å²) >= 11 is 6.11. The zero-order valence-corrected chi connectivity index (χ0v) is 20.7. The molecule has 4 heterocycles. The summed E-state index contributed by atoms with van der Waals surface area (Å²) in [6, 6.07) is 9.72. The fourth-order valence-corrected chi connectivity index (χ4v) is 5.24. The monoisotopic (exact) mass is 498 g/mol. The van der Waals surface area contributed by atoms with Crippen molar-refractivity contribution in [3.8, 4) is 0 Å². The molecule has 2 unspecified atom stereocenters. The van der Waals surface area contributed by atoms with Crippen LogP contribution in [-0.4, -0.2) is 81.4 Å². The Labute approximate surface area is 209 Å². The van der Waals surface area contributed by atoms with Crippen LogP contribution in [0, 0.1) is 0 Å². The third kappa shape index (κ3) is 4.73. The smallest absolute Gasteiger partial charge is 0.231 e. The van der Waals surface area contributed by atoms with Gasteiger partial charge in [-0.05, 0) is 23.8 Å². The van der Waals surface area contributed by atoms with Crippen LogP contribution in [0.1, 0.15) is 25.3 Å². The Bertz CT molecular complexity index is 1170. The fraction of sp³-hybridized carbons (Fsp3) is 0.480. The zero-order valence-electron chi connectivity index (χ0n) is 20.0. The normalized spacial score (nSPS) is 21.1. The minimum Gasteiger partial charge on any atom is -0.377 e. The van der Waals surface area contributed by atoms with Gasteiger partial charge < -0.3 is 29.5 Å². The molecule has 0 aliphatic carbocycles. The number of hydrogen-bond acceptors (Lipinski definition) is 7. The number of morpholine rings is 1. The van der Waals surface area contributed by atoms with Crippen LogP contribution in [0.25, 0.3) is 11.0 Å². The van der Waals surface area contributed by atoms with E-state index >= 15 is 0 Å². The van der Waals surface area contributed by atoms with E-state index < -0.39 is 0 Å². The molecule has 1 aromatic carbocycles. The molecule has 10 heteroatoms. The fourth-order valence-electron chi connectivity index (χ4n) is 5.12. The zero-order chi connectivity index (χ0) is 24.5. The van der Waals surface area contributed by atoms with Crippen molar-refractivity contribution in [1.82, 2.24) is 24.8 Å². The number of aliphatic hydroxyl groups is 1. The molecule has 0 spiro atoms. The number of aromatic nitrogens is 3. The van der Waals surface area contributed by atoms with Crippen LogP contribution < -0.4 is 10.2 Å². The van der Waals surface area contributed by atoms with Crippen molar-refractivity contribution in [2.75, 3.05) is 37.7 Å². The Morgan fingerprint density at radius 3 is 2.54 bits per heavy atom. The van der Waals surface area contributed by atoms with Gasteiger partial charge in [0.1, 0.15) is 24.5 Å². The number of ether oxygens (including phenoxy) is 1. The van der Waals surface area contributed by atoms with E-state index in [1.54, 1.807) is 4.57 Å². The van der Waals surface area contributed by atoms with Gasteiger partial charge in [-0.1, -0.05) is 37.6 Å². The minimum atomic E-state index is -0.299. The lowest BCUT2D eigenvalue weighted by molar-refractivity contribution is -0.136. The lowest BCUT2D eigenvalue weighted by atomic mass is 9.95. The van der Waals surface area contributed by atoms with Gasteiger partial charge in [0.2, 0.25) is 5.91 Å². The molecule has 9 nitrogen and oxygen atoms in total. The number of rotatable bonds is 7. The highest BCUT2D eigenvalue weighted by Gasteiger charge is 2.42. The topological polar surface area (TPSA) is 95.8 Å². The number of amides is 1. The standard InChI is InChI=1S/C25H31ClN6O3/c1-16(2)27-9-22(17-3-5-18(26)6-4-17)25(34)31-10-19-12-35-13-20(11-31)32(19)24-21-7-8-30(15-33)23(21)28-14-29-24/h3-8,14,16,19-20,22,27,33H,9-13,15H2,1-2H3/t19?,20?,22-/m1/s1. The van der Waals surface area contributed by atoms with E-state index in [1.165, 1.54) is 6.33 Å². The minimum absolute atomic E-state index is 0.0223. The second-order valence-corrected chi connectivity index (χ2v) is 9.96. The number of halogens is 1. The summed E-state index contributed by atoms with van der Waals surface area (Å²) in [6.45, 7) is 6.71. The van der Waals surface area contributed by atoms with Gasteiger partial charge in [0.15, 0.2) is 0 Å². The maximum absolute atomic E-state index is 13.9.